The molecule has 0 aliphatic heterocycles. The van der Waals surface area contributed by atoms with Crippen molar-refractivity contribution >= 4 is 11.6 Å². The predicted molar refractivity (Wildman–Crippen MR) is 46.7 cm³/mol. The van der Waals surface area contributed by atoms with Crippen LogP contribution in [-0.4, -0.2) is 9.55 Å². The number of halogens is 1. The SMILES string of the molecule is C=CC(Cl)c1cn(C)c(C)n1. The molecule has 0 fully saturated rings. The Hall–Kier alpha value is -0.760. The first-order valence-electron chi connectivity index (χ1n) is 3.41. The summed E-state index contributed by atoms with van der Waals surface area (Å²) in [7, 11) is 1.94. The van der Waals surface area contributed by atoms with Gasteiger partial charge in [-0.05, 0) is 6.92 Å². The summed E-state index contributed by atoms with van der Waals surface area (Å²) in [6, 6.07) is 0. The average molecular weight is 171 g/mol. The number of hydrogen-bond acceptors (Lipinski definition) is 1. The average Bonchev–Trinajstić information content (AvgIpc) is 2.31. The highest BCUT2D eigenvalue weighted by Crippen LogP contribution is 2.19. The molecule has 0 saturated carbocycles. The van der Waals surface area contributed by atoms with Gasteiger partial charge in [-0.25, -0.2) is 4.98 Å². The number of nitrogens with zero attached hydrogens (tertiary/aromatic N) is 2. The summed E-state index contributed by atoms with van der Waals surface area (Å²) < 4.78 is 1.94. The van der Waals surface area contributed by atoms with Crippen LogP contribution in [0.5, 0.6) is 0 Å². The summed E-state index contributed by atoms with van der Waals surface area (Å²) in [5.74, 6) is 0.965. The van der Waals surface area contributed by atoms with Crippen LogP contribution in [0.1, 0.15) is 16.9 Å². The number of aromatic nitrogens is 2. The van der Waals surface area contributed by atoms with Gasteiger partial charge in [-0.1, -0.05) is 6.08 Å². The van der Waals surface area contributed by atoms with Crippen LogP contribution in [0, 0.1) is 6.92 Å². The summed E-state index contributed by atoms with van der Waals surface area (Å²) in [5, 5.41) is -0.171. The third kappa shape index (κ3) is 1.63. The summed E-state index contributed by atoms with van der Waals surface area (Å²) in [6.07, 6.45) is 3.58. The van der Waals surface area contributed by atoms with Crippen LogP contribution < -0.4 is 0 Å². The number of allylic oxidation sites excluding steroid dienone is 1. The molecule has 0 aromatic carbocycles. The molecule has 1 aromatic heterocycles. The van der Waals surface area contributed by atoms with Gasteiger partial charge < -0.3 is 4.57 Å². The number of aryl methyl sites for hydroxylation is 2. The molecule has 0 amide bonds. The van der Waals surface area contributed by atoms with Crippen molar-refractivity contribution in [2.75, 3.05) is 0 Å². The third-order valence-electron chi connectivity index (χ3n) is 1.62. The van der Waals surface area contributed by atoms with Gasteiger partial charge in [0, 0.05) is 13.2 Å². The molecule has 1 unspecified atom stereocenters. The maximum atomic E-state index is 5.88. The van der Waals surface area contributed by atoms with E-state index in [1.807, 2.05) is 24.7 Å². The minimum absolute atomic E-state index is 0.171. The van der Waals surface area contributed by atoms with Gasteiger partial charge in [0.25, 0.3) is 0 Å². The highest BCUT2D eigenvalue weighted by molar-refractivity contribution is 6.21. The second-order valence-corrected chi connectivity index (χ2v) is 2.93. The Labute approximate surface area is 71.5 Å². The van der Waals surface area contributed by atoms with Gasteiger partial charge in [-0.2, -0.15) is 0 Å². The van der Waals surface area contributed by atoms with E-state index in [1.54, 1.807) is 6.08 Å². The lowest BCUT2D eigenvalue weighted by Crippen LogP contribution is -1.86. The standard InChI is InChI=1S/C8H11ClN2/c1-4-7(9)8-5-11(3)6(2)10-8/h4-5,7H,1H2,2-3H3. The van der Waals surface area contributed by atoms with Crippen molar-refractivity contribution < 1.29 is 0 Å². The van der Waals surface area contributed by atoms with Crippen molar-refractivity contribution in [1.82, 2.24) is 9.55 Å². The zero-order valence-electron chi connectivity index (χ0n) is 6.71. The molecule has 1 atom stereocenters. The van der Waals surface area contributed by atoms with Crippen LogP contribution in [0.25, 0.3) is 0 Å². The maximum Gasteiger partial charge on any atom is 0.105 e. The minimum Gasteiger partial charge on any atom is -0.338 e. The summed E-state index contributed by atoms with van der Waals surface area (Å²) in [4.78, 5) is 4.24. The van der Waals surface area contributed by atoms with E-state index in [4.69, 9.17) is 11.6 Å². The van der Waals surface area contributed by atoms with E-state index in [9.17, 15) is 0 Å². The quantitative estimate of drug-likeness (QED) is 0.492. The Balaban J connectivity index is 2.96. The molecule has 0 aliphatic rings. The molecule has 11 heavy (non-hydrogen) atoms. The van der Waals surface area contributed by atoms with Gasteiger partial charge in [0.2, 0.25) is 0 Å². The third-order valence-corrected chi connectivity index (χ3v) is 2.02. The smallest absolute Gasteiger partial charge is 0.105 e. The predicted octanol–water partition coefficient (Wildman–Crippen LogP) is 2.19. The maximum absolute atomic E-state index is 5.88. The highest BCUT2D eigenvalue weighted by atomic mass is 35.5. The second-order valence-electron chi connectivity index (χ2n) is 2.46. The fourth-order valence-electron chi connectivity index (χ4n) is 0.840. The van der Waals surface area contributed by atoms with Crippen molar-refractivity contribution in [2.45, 2.75) is 12.3 Å². The number of hydrogen-bond donors (Lipinski definition) is 0. The molecule has 3 heteroatoms. The van der Waals surface area contributed by atoms with Crippen LogP contribution in [0.15, 0.2) is 18.9 Å². The Morgan fingerprint density at radius 3 is 2.82 bits per heavy atom. The van der Waals surface area contributed by atoms with E-state index >= 15 is 0 Å². The Morgan fingerprint density at radius 2 is 2.45 bits per heavy atom. The number of imidazole rings is 1. The lowest BCUT2D eigenvalue weighted by molar-refractivity contribution is 0.858. The van der Waals surface area contributed by atoms with E-state index in [0.717, 1.165) is 11.5 Å². The molecular weight excluding hydrogens is 160 g/mol. The van der Waals surface area contributed by atoms with E-state index in [-0.39, 0.29) is 5.38 Å². The van der Waals surface area contributed by atoms with Crippen molar-refractivity contribution in [1.29, 1.82) is 0 Å². The Morgan fingerprint density at radius 1 is 1.82 bits per heavy atom. The molecule has 2 nitrogen and oxygen atoms in total. The summed E-state index contributed by atoms with van der Waals surface area (Å²) in [5.41, 5.74) is 0.863. The molecule has 0 radical (unpaired) electrons. The molecular formula is C8H11ClN2. The van der Waals surface area contributed by atoms with Gasteiger partial charge in [0.15, 0.2) is 0 Å². The van der Waals surface area contributed by atoms with Crippen LogP contribution >= 0.6 is 11.6 Å². The van der Waals surface area contributed by atoms with Crippen molar-refractivity contribution in [3.63, 3.8) is 0 Å². The van der Waals surface area contributed by atoms with E-state index in [1.165, 1.54) is 0 Å². The van der Waals surface area contributed by atoms with Gasteiger partial charge in [0.1, 0.15) is 5.82 Å². The molecule has 0 spiro atoms. The van der Waals surface area contributed by atoms with Gasteiger partial charge in [-0.15, -0.1) is 18.2 Å². The highest BCUT2D eigenvalue weighted by Gasteiger charge is 2.07. The molecule has 1 heterocycles. The van der Waals surface area contributed by atoms with E-state index in [2.05, 4.69) is 11.6 Å². The topological polar surface area (TPSA) is 17.8 Å². The fraction of sp³-hybridized carbons (Fsp3) is 0.375. The lowest BCUT2D eigenvalue weighted by Gasteiger charge is -1.94. The zero-order chi connectivity index (χ0) is 8.43. The Kier molecular flexibility index (Phi) is 2.35. The number of alkyl halides is 1. The van der Waals surface area contributed by atoms with E-state index < -0.39 is 0 Å². The lowest BCUT2D eigenvalue weighted by atomic mass is 10.3. The van der Waals surface area contributed by atoms with Crippen molar-refractivity contribution in [2.24, 2.45) is 7.05 Å². The van der Waals surface area contributed by atoms with Gasteiger partial charge in [0.05, 0.1) is 11.1 Å². The zero-order valence-corrected chi connectivity index (χ0v) is 7.47. The molecule has 1 rings (SSSR count). The first kappa shape index (κ1) is 8.34. The summed E-state index contributed by atoms with van der Waals surface area (Å²) >= 11 is 5.88. The van der Waals surface area contributed by atoms with Crippen LogP contribution in [0.2, 0.25) is 0 Å². The molecule has 60 valence electrons. The van der Waals surface area contributed by atoms with Gasteiger partial charge >= 0.3 is 0 Å². The van der Waals surface area contributed by atoms with Crippen LogP contribution in [-0.2, 0) is 7.05 Å². The first-order valence-corrected chi connectivity index (χ1v) is 3.85. The molecule has 0 bridgehead atoms. The van der Waals surface area contributed by atoms with Crippen LogP contribution in [0.3, 0.4) is 0 Å². The van der Waals surface area contributed by atoms with Crippen molar-refractivity contribution in [3.05, 3.63) is 30.4 Å². The molecule has 0 N–H and O–H groups in total. The van der Waals surface area contributed by atoms with Gasteiger partial charge in [-0.3, -0.25) is 0 Å². The minimum atomic E-state index is -0.171. The largest absolute Gasteiger partial charge is 0.338 e. The van der Waals surface area contributed by atoms with Crippen molar-refractivity contribution in [3.8, 4) is 0 Å². The van der Waals surface area contributed by atoms with Crippen LogP contribution in [0.4, 0.5) is 0 Å². The van der Waals surface area contributed by atoms with E-state index in [0.29, 0.717) is 0 Å². The normalized spacial score (nSPS) is 13.0. The fourth-order valence-corrected chi connectivity index (χ4v) is 0.945. The molecule has 1 aromatic rings. The second kappa shape index (κ2) is 3.09. The monoisotopic (exact) mass is 170 g/mol. The summed E-state index contributed by atoms with van der Waals surface area (Å²) in [6.45, 7) is 5.54. The Bertz CT molecular complexity index is 246. The number of rotatable bonds is 2. The molecule has 0 saturated heterocycles. The first-order chi connectivity index (χ1) is 5.15. The molecule has 0 aliphatic carbocycles.